The summed E-state index contributed by atoms with van der Waals surface area (Å²) >= 11 is 0. The average molecular weight is 261 g/mol. The van der Waals surface area contributed by atoms with Gasteiger partial charge in [-0.2, -0.15) is 0 Å². The lowest BCUT2D eigenvalue weighted by Crippen LogP contribution is -2.13. The predicted molar refractivity (Wildman–Crippen MR) is 69.2 cm³/mol. The van der Waals surface area contributed by atoms with Gasteiger partial charge in [0, 0.05) is 11.8 Å². The van der Waals surface area contributed by atoms with Crippen LogP contribution in [0.3, 0.4) is 0 Å². The molecule has 0 aliphatic rings. The number of pyridine rings is 1. The van der Waals surface area contributed by atoms with Crippen LogP contribution in [0.15, 0.2) is 22.9 Å². The second kappa shape index (κ2) is 5.09. The summed E-state index contributed by atoms with van der Waals surface area (Å²) in [5.41, 5.74) is 2.20. The Hall–Kier alpha value is -2.37. The van der Waals surface area contributed by atoms with Crippen LogP contribution in [0.25, 0.3) is 0 Å². The van der Waals surface area contributed by atoms with Crippen LogP contribution >= 0.6 is 0 Å². The highest BCUT2D eigenvalue weighted by atomic mass is 16.5. The molecule has 1 atom stereocenters. The molecule has 2 N–H and O–H groups in total. The minimum absolute atomic E-state index is 0.00103. The summed E-state index contributed by atoms with van der Waals surface area (Å²) in [6, 6.07) is 3.26. The zero-order valence-electron chi connectivity index (χ0n) is 11.0. The van der Waals surface area contributed by atoms with E-state index >= 15 is 0 Å². The van der Waals surface area contributed by atoms with Crippen molar-refractivity contribution >= 4 is 11.7 Å². The van der Waals surface area contributed by atoms with Crippen LogP contribution in [0.1, 0.15) is 40.5 Å². The van der Waals surface area contributed by atoms with Crippen molar-refractivity contribution in [1.29, 1.82) is 0 Å². The number of hydrogen-bond donors (Lipinski definition) is 2. The van der Waals surface area contributed by atoms with Gasteiger partial charge in [0.25, 0.3) is 0 Å². The smallest absolute Gasteiger partial charge is 0.356 e. The molecule has 0 spiro atoms. The quantitative estimate of drug-likeness (QED) is 0.879. The highest BCUT2D eigenvalue weighted by Gasteiger charge is 2.19. The maximum absolute atomic E-state index is 11.1. The molecule has 0 bridgehead atoms. The summed E-state index contributed by atoms with van der Waals surface area (Å²) in [7, 11) is 0. The van der Waals surface area contributed by atoms with Crippen LogP contribution in [0.5, 0.6) is 0 Å². The number of aryl methyl sites for hydroxylation is 2. The van der Waals surface area contributed by atoms with Gasteiger partial charge >= 0.3 is 5.97 Å². The summed E-state index contributed by atoms with van der Waals surface area (Å²) in [4.78, 5) is 14.9. The van der Waals surface area contributed by atoms with Crippen molar-refractivity contribution in [1.82, 2.24) is 10.1 Å². The first-order valence-corrected chi connectivity index (χ1v) is 5.88. The maximum atomic E-state index is 11.1. The number of aromatic nitrogens is 2. The molecular formula is C13H15N3O3. The van der Waals surface area contributed by atoms with E-state index in [1.165, 1.54) is 6.20 Å². The summed E-state index contributed by atoms with van der Waals surface area (Å²) in [5.74, 6) is -0.340. The van der Waals surface area contributed by atoms with E-state index < -0.39 is 5.97 Å². The third kappa shape index (κ3) is 2.57. The standard InChI is InChI=1S/C13H15N3O3/c1-7(11-8(2)16-19-9(11)3)15-10-5-4-6-14-12(10)13(17)18/h4-7,15H,1-3H3,(H,17,18). The second-order valence-electron chi connectivity index (χ2n) is 4.31. The van der Waals surface area contributed by atoms with Gasteiger partial charge in [-0.25, -0.2) is 9.78 Å². The van der Waals surface area contributed by atoms with Gasteiger partial charge in [0.2, 0.25) is 0 Å². The first-order valence-electron chi connectivity index (χ1n) is 5.88. The van der Waals surface area contributed by atoms with Crippen molar-refractivity contribution in [3.63, 3.8) is 0 Å². The summed E-state index contributed by atoms with van der Waals surface area (Å²) < 4.78 is 5.11. The molecular weight excluding hydrogens is 246 g/mol. The van der Waals surface area contributed by atoms with Crippen LogP contribution in [0.2, 0.25) is 0 Å². The van der Waals surface area contributed by atoms with Crippen molar-refractivity contribution in [3.8, 4) is 0 Å². The Bertz CT molecular complexity index is 587. The number of aromatic carboxylic acids is 1. The number of hydrogen-bond acceptors (Lipinski definition) is 5. The Kier molecular flexibility index (Phi) is 3.50. The molecule has 0 aliphatic carbocycles. The van der Waals surface area contributed by atoms with E-state index in [1.54, 1.807) is 12.1 Å². The molecule has 0 aliphatic heterocycles. The van der Waals surface area contributed by atoms with E-state index in [1.807, 2.05) is 20.8 Å². The Morgan fingerprint density at radius 1 is 1.47 bits per heavy atom. The number of nitrogens with zero attached hydrogens (tertiary/aromatic N) is 2. The number of carboxylic acid groups (broad SMARTS) is 1. The molecule has 6 nitrogen and oxygen atoms in total. The molecule has 0 fully saturated rings. The highest BCUT2D eigenvalue weighted by Crippen LogP contribution is 2.25. The van der Waals surface area contributed by atoms with Gasteiger partial charge in [0.1, 0.15) is 5.76 Å². The number of anilines is 1. The molecule has 100 valence electrons. The van der Waals surface area contributed by atoms with Crippen molar-refractivity contribution in [2.24, 2.45) is 0 Å². The molecule has 1 unspecified atom stereocenters. The van der Waals surface area contributed by atoms with Crippen molar-refractivity contribution in [2.75, 3.05) is 5.32 Å². The number of carboxylic acids is 1. The first kappa shape index (κ1) is 13.1. The molecule has 6 heteroatoms. The summed E-state index contributed by atoms with van der Waals surface area (Å²) in [5, 5.41) is 16.1. The lowest BCUT2D eigenvalue weighted by atomic mass is 10.1. The van der Waals surface area contributed by atoms with E-state index in [-0.39, 0.29) is 11.7 Å². The van der Waals surface area contributed by atoms with Crippen molar-refractivity contribution in [3.05, 3.63) is 41.0 Å². The molecule has 0 saturated carbocycles. The molecule has 2 aromatic heterocycles. The van der Waals surface area contributed by atoms with Crippen LogP contribution in [-0.4, -0.2) is 21.2 Å². The molecule has 2 heterocycles. The average Bonchev–Trinajstić information content (AvgIpc) is 2.69. The zero-order chi connectivity index (χ0) is 14.0. The number of rotatable bonds is 4. The minimum atomic E-state index is -1.06. The lowest BCUT2D eigenvalue weighted by Gasteiger charge is -2.16. The third-order valence-corrected chi connectivity index (χ3v) is 2.90. The van der Waals surface area contributed by atoms with Gasteiger partial charge in [0.15, 0.2) is 5.69 Å². The van der Waals surface area contributed by atoms with E-state index in [0.29, 0.717) is 5.69 Å². The van der Waals surface area contributed by atoms with Crippen molar-refractivity contribution in [2.45, 2.75) is 26.8 Å². The fraction of sp³-hybridized carbons (Fsp3) is 0.308. The summed E-state index contributed by atoms with van der Waals surface area (Å²) in [6.07, 6.45) is 1.45. The predicted octanol–water partition coefficient (Wildman–Crippen LogP) is 2.56. The van der Waals surface area contributed by atoms with Crippen LogP contribution < -0.4 is 5.32 Å². The van der Waals surface area contributed by atoms with E-state index in [4.69, 9.17) is 9.63 Å². The van der Waals surface area contributed by atoms with E-state index in [9.17, 15) is 4.79 Å². The molecule has 2 aromatic rings. The van der Waals surface area contributed by atoms with Gasteiger partial charge in [-0.1, -0.05) is 5.16 Å². The zero-order valence-corrected chi connectivity index (χ0v) is 11.0. The Morgan fingerprint density at radius 2 is 2.21 bits per heavy atom. The fourth-order valence-corrected chi connectivity index (χ4v) is 2.11. The molecule has 19 heavy (non-hydrogen) atoms. The maximum Gasteiger partial charge on any atom is 0.356 e. The SMILES string of the molecule is Cc1noc(C)c1C(C)Nc1cccnc1C(=O)O. The largest absolute Gasteiger partial charge is 0.476 e. The van der Waals surface area contributed by atoms with Gasteiger partial charge in [-0.3, -0.25) is 0 Å². The Labute approximate surface area is 110 Å². The van der Waals surface area contributed by atoms with Crippen LogP contribution in [0, 0.1) is 13.8 Å². The van der Waals surface area contributed by atoms with Crippen molar-refractivity contribution < 1.29 is 14.4 Å². The van der Waals surface area contributed by atoms with E-state index in [2.05, 4.69) is 15.5 Å². The van der Waals surface area contributed by atoms with Gasteiger partial charge in [-0.05, 0) is 32.9 Å². The van der Waals surface area contributed by atoms with Gasteiger partial charge < -0.3 is 14.9 Å². The fourth-order valence-electron chi connectivity index (χ4n) is 2.11. The molecule has 0 saturated heterocycles. The first-order chi connectivity index (χ1) is 9.00. The monoisotopic (exact) mass is 261 g/mol. The highest BCUT2D eigenvalue weighted by molar-refractivity contribution is 5.91. The van der Waals surface area contributed by atoms with Gasteiger partial charge in [0.05, 0.1) is 17.4 Å². The molecule has 0 aromatic carbocycles. The second-order valence-corrected chi connectivity index (χ2v) is 4.31. The van der Waals surface area contributed by atoms with Gasteiger partial charge in [-0.15, -0.1) is 0 Å². The lowest BCUT2D eigenvalue weighted by molar-refractivity contribution is 0.0691. The number of nitrogens with one attached hydrogen (secondary N) is 1. The molecule has 0 amide bonds. The molecule has 2 rings (SSSR count). The Morgan fingerprint density at radius 3 is 2.79 bits per heavy atom. The van der Waals surface area contributed by atoms with Crippen LogP contribution in [0.4, 0.5) is 5.69 Å². The third-order valence-electron chi connectivity index (χ3n) is 2.90. The van der Waals surface area contributed by atoms with Crippen LogP contribution in [-0.2, 0) is 0 Å². The summed E-state index contributed by atoms with van der Waals surface area (Å²) in [6.45, 7) is 5.60. The normalized spacial score (nSPS) is 12.2. The minimum Gasteiger partial charge on any atom is -0.476 e. The topological polar surface area (TPSA) is 88.3 Å². The Balaban J connectivity index is 2.29. The van der Waals surface area contributed by atoms with E-state index in [0.717, 1.165) is 17.0 Å². The molecule has 0 radical (unpaired) electrons. The number of carbonyl (C=O) groups is 1.